The Bertz CT molecular complexity index is 502. The Kier molecular flexibility index (Phi) is 4.31. The monoisotopic (exact) mass is 355 g/mol. The summed E-state index contributed by atoms with van der Waals surface area (Å²) in [6.45, 7) is 0. The van der Waals surface area contributed by atoms with Crippen LogP contribution in [0, 0.1) is 0 Å². The fraction of sp³-hybridized carbons (Fsp3) is 0.154. The summed E-state index contributed by atoms with van der Waals surface area (Å²) in [6.07, 6.45) is 3.52. The SMILES string of the molecule is OC(Cc1cccnc1)c1cc(Br)ccc1Br. The number of hydrogen-bond donors (Lipinski definition) is 1. The maximum atomic E-state index is 10.2. The van der Waals surface area contributed by atoms with E-state index < -0.39 is 6.10 Å². The van der Waals surface area contributed by atoms with E-state index in [1.165, 1.54) is 0 Å². The lowest BCUT2D eigenvalue weighted by molar-refractivity contribution is 0.177. The van der Waals surface area contributed by atoms with Crippen LogP contribution in [0.15, 0.2) is 51.7 Å². The summed E-state index contributed by atoms with van der Waals surface area (Å²) < 4.78 is 1.87. The molecule has 2 nitrogen and oxygen atoms in total. The summed E-state index contributed by atoms with van der Waals surface area (Å²) in [4.78, 5) is 4.04. The molecule has 0 aliphatic heterocycles. The maximum Gasteiger partial charge on any atom is 0.0842 e. The first-order valence-electron chi connectivity index (χ1n) is 5.19. The molecule has 2 rings (SSSR count). The molecule has 1 atom stereocenters. The Morgan fingerprint density at radius 3 is 2.76 bits per heavy atom. The fourth-order valence-electron chi connectivity index (χ4n) is 1.62. The Hall–Kier alpha value is -0.710. The topological polar surface area (TPSA) is 33.1 Å². The highest BCUT2D eigenvalue weighted by Crippen LogP contribution is 2.28. The van der Waals surface area contributed by atoms with Crippen molar-refractivity contribution in [2.24, 2.45) is 0 Å². The summed E-state index contributed by atoms with van der Waals surface area (Å²) in [5, 5.41) is 10.2. The van der Waals surface area contributed by atoms with Gasteiger partial charge in [-0.05, 0) is 35.4 Å². The number of pyridine rings is 1. The van der Waals surface area contributed by atoms with Gasteiger partial charge in [-0.3, -0.25) is 4.98 Å². The van der Waals surface area contributed by atoms with E-state index >= 15 is 0 Å². The van der Waals surface area contributed by atoms with Crippen LogP contribution in [0.4, 0.5) is 0 Å². The number of aliphatic hydroxyl groups excluding tert-OH is 1. The van der Waals surface area contributed by atoms with Crippen molar-refractivity contribution in [3.63, 3.8) is 0 Å². The zero-order chi connectivity index (χ0) is 12.3. The van der Waals surface area contributed by atoms with Crippen LogP contribution in [0.5, 0.6) is 0 Å². The van der Waals surface area contributed by atoms with Gasteiger partial charge in [0.25, 0.3) is 0 Å². The smallest absolute Gasteiger partial charge is 0.0842 e. The molecular weight excluding hydrogens is 346 g/mol. The van der Waals surface area contributed by atoms with E-state index in [9.17, 15) is 5.11 Å². The Labute approximate surface area is 117 Å². The molecular formula is C13H11Br2NO. The van der Waals surface area contributed by atoms with E-state index in [0.717, 1.165) is 20.1 Å². The highest BCUT2D eigenvalue weighted by molar-refractivity contribution is 9.11. The van der Waals surface area contributed by atoms with Crippen molar-refractivity contribution < 1.29 is 5.11 Å². The predicted octanol–water partition coefficient (Wildman–Crippen LogP) is 3.88. The van der Waals surface area contributed by atoms with E-state index in [1.54, 1.807) is 12.4 Å². The molecule has 88 valence electrons. The van der Waals surface area contributed by atoms with Gasteiger partial charge in [-0.15, -0.1) is 0 Å². The van der Waals surface area contributed by atoms with Gasteiger partial charge in [-0.1, -0.05) is 37.9 Å². The van der Waals surface area contributed by atoms with Crippen molar-refractivity contribution in [1.82, 2.24) is 4.98 Å². The van der Waals surface area contributed by atoms with E-state index in [2.05, 4.69) is 36.8 Å². The quantitative estimate of drug-likeness (QED) is 0.905. The highest BCUT2D eigenvalue weighted by atomic mass is 79.9. The molecule has 0 aliphatic carbocycles. The van der Waals surface area contributed by atoms with Crippen LogP contribution in [0.1, 0.15) is 17.2 Å². The number of rotatable bonds is 3. The van der Waals surface area contributed by atoms with Gasteiger partial charge in [0.15, 0.2) is 0 Å². The van der Waals surface area contributed by atoms with Crippen LogP contribution in [-0.2, 0) is 6.42 Å². The van der Waals surface area contributed by atoms with Crippen molar-refractivity contribution in [1.29, 1.82) is 0 Å². The molecule has 0 fully saturated rings. The minimum Gasteiger partial charge on any atom is -0.388 e. The van der Waals surface area contributed by atoms with Crippen LogP contribution in [-0.4, -0.2) is 10.1 Å². The lowest BCUT2D eigenvalue weighted by atomic mass is 10.0. The van der Waals surface area contributed by atoms with Crippen LogP contribution in [0.25, 0.3) is 0 Å². The number of aromatic nitrogens is 1. The molecule has 1 heterocycles. The third-order valence-corrected chi connectivity index (χ3v) is 3.68. The van der Waals surface area contributed by atoms with Crippen LogP contribution in [0.2, 0.25) is 0 Å². The van der Waals surface area contributed by atoms with Gasteiger partial charge < -0.3 is 5.11 Å². The molecule has 0 radical (unpaired) electrons. The highest BCUT2D eigenvalue weighted by Gasteiger charge is 2.12. The van der Waals surface area contributed by atoms with Gasteiger partial charge in [-0.25, -0.2) is 0 Å². The maximum absolute atomic E-state index is 10.2. The standard InChI is InChI=1S/C13H11Br2NO/c14-10-3-4-12(15)11(7-10)13(17)6-9-2-1-5-16-8-9/h1-5,7-8,13,17H,6H2. The molecule has 0 spiro atoms. The Balaban J connectivity index is 2.20. The summed E-state index contributed by atoms with van der Waals surface area (Å²) in [7, 11) is 0. The average Bonchev–Trinajstić information content (AvgIpc) is 2.33. The summed E-state index contributed by atoms with van der Waals surface area (Å²) >= 11 is 6.85. The van der Waals surface area contributed by atoms with Crippen molar-refractivity contribution in [3.8, 4) is 0 Å². The number of hydrogen-bond acceptors (Lipinski definition) is 2. The summed E-state index contributed by atoms with van der Waals surface area (Å²) in [5.41, 5.74) is 1.90. The molecule has 0 bridgehead atoms. The number of halogens is 2. The lowest BCUT2D eigenvalue weighted by Crippen LogP contribution is -2.03. The van der Waals surface area contributed by atoms with Gasteiger partial charge >= 0.3 is 0 Å². The number of aliphatic hydroxyl groups is 1. The van der Waals surface area contributed by atoms with Gasteiger partial charge in [0.05, 0.1) is 6.10 Å². The van der Waals surface area contributed by atoms with E-state index in [4.69, 9.17) is 0 Å². The normalized spacial score (nSPS) is 12.4. The van der Waals surface area contributed by atoms with E-state index in [1.807, 2.05) is 30.3 Å². The molecule has 4 heteroatoms. The second kappa shape index (κ2) is 5.76. The Morgan fingerprint density at radius 2 is 2.06 bits per heavy atom. The van der Waals surface area contributed by atoms with Gasteiger partial charge in [0.2, 0.25) is 0 Å². The Morgan fingerprint density at radius 1 is 1.24 bits per heavy atom. The van der Waals surface area contributed by atoms with Gasteiger partial charge in [-0.2, -0.15) is 0 Å². The van der Waals surface area contributed by atoms with Gasteiger partial charge in [0, 0.05) is 27.8 Å². The molecule has 1 N–H and O–H groups in total. The fourth-order valence-corrected chi connectivity index (χ4v) is 2.51. The van der Waals surface area contributed by atoms with Crippen molar-refractivity contribution in [2.75, 3.05) is 0 Å². The zero-order valence-corrected chi connectivity index (χ0v) is 12.1. The average molecular weight is 357 g/mol. The minimum absolute atomic E-state index is 0.536. The molecule has 1 unspecified atom stereocenters. The lowest BCUT2D eigenvalue weighted by Gasteiger charge is -2.13. The van der Waals surface area contributed by atoms with E-state index in [0.29, 0.717) is 6.42 Å². The zero-order valence-electron chi connectivity index (χ0n) is 8.98. The van der Waals surface area contributed by atoms with Crippen molar-refractivity contribution >= 4 is 31.9 Å². The molecule has 0 saturated carbocycles. The third-order valence-electron chi connectivity index (χ3n) is 2.47. The van der Waals surface area contributed by atoms with Crippen molar-refractivity contribution in [3.05, 3.63) is 62.8 Å². The molecule has 1 aromatic heterocycles. The number of nitrogens with zero attached hydrogens (tertiary/aromatic N) is 1. The summed E-state index contributed by atoms with van der Waals surface area (Å²) in [5.74, 6) is 0. The van der Waals surface area contributed by atoms with Crippen LogP contribution in [0.3, 0.4) is 0 Å². The molecule has 0 aliphatic rings. The molecule has 0 amide bonds. The molecule has 0 saturated heterocycles. The number of benzene rings is 1. The molecule has 1 aromatic carbocycles. The predicted molar refractivity (Wildman–Crippen MR) is 74.7 cm³/mol. The third kappa shape index (κ3) is 3.37. The van der Waals surface area contributed by atoms with Crippen LogP contribution >= 0.6 is 31.9 Å². The van der Waals surface area contributed by atoms with Crippen molar-refractivity contribution in [2.45, 2.75) is 12.5 Å². The molecule has 2 aromatic rings. The second-order valence-corrected chi connectivity index (χ2v) is 5.52. The van der Waals surface area contributed by atoms with Gasteiger partial charge in [0.1, 0.15) is 0 Å². The largest absolute Gasteiger partial charge is 0.388 e. The summed E-state index contributed by atoms with van der Waals surface area (Å²) in [6, 6.07) is 9.61. The first-order chi connectivity index (χ1) is 8.16. The van der Waals surface area contributed by atoms with Crippen LogP contribution < -0.4 is 0 Å². The first-order valence-corrected chi connectivity index (χ1v) is 6.77. The van der Waals surface area contributed by atoms with E-state index in [-0.39, 0.29) is 0 Å². The minimum atomic E-state index is -0.536. The molecule has 17 heavy (non-hydrogen) atoms. The first kappa shape index (κ1) is 12.7. The second-order valence-electron chi connectivity index (χ2n) is 3.75.